The van der Waals surface area contributed by atoms with E-state index in [0.717, 1.165) is 3.57 Å². The summed E-state index contributed by atoms with van der Waals surface area (Å²) >= 11 is 8.28. The van der Waals surface area contributed by atoms with E-state index in [9.17, 15) is 4.79 Å². The van der Waals surface area contributed by atoms with Gasteiger partial charge in [0, 0.05) is 14.7 Å². The molecule has 23 heavy (non-hydrogen) atoms. The molecule has 3 aromatic rings. The molecule has 0 spiro atoms. The number of benzene rings is 2. The van der Waals surface area contributed by atoms with Crippen LogP contribution in [0.25, 0.3) is 11.4 Å². The van der Waals surface area contributed by atoms with Gasteiger partial charge in [-0.1, -0.05) is 28.9 Å². The summed E-state index contributed by atoms with van der Waals surface area (Å²) < 4.78 is 6.21. The minimum atomic E-state index is -0.195. The van der Waals surface area contributed by atoms with Crippen molar-refractivity contribution in [1.82, 2.24) is 15.5 Å². The molecule has 0 radical (unpaired) electrons. The van der Waals surface area contributed by atoms with E-state index in [1.807, 2.05) is 24.3 Å². The molecule has 1 N–H and O–H groups in total. The molecule has 116 valence electrons. The molecule has 1 heterocycles. The highest BCUT2D eigenvalue weighted by Gasteiger charge is 2.12. The number of carbonyl (C=O) groups is 1. The van der Waals surface area contributed by atoms with Gasteiger partial charge in [0.15, 0.2) is 0 Å². The summed E-state index contributed by atoms with van der Waals surface area (Å²) in [6.45, 7) is 0.155. The van der Waals surface area contributed by atoms with E-state index in [4.69, 9.17) is 16.1 Å². The Bertz CT molecular complexity index is 833. The van der Waals surface area contributed by atoms with Gasteiger partial charge in [-0.05, 0) is 59.0 Å². The number of rotatable bonds is 4. The lowest BCUT2D eigenvalue weighted by molar-refractivity contribution is 0.0946. The summed E-state index contributed by atoms with van der Waals surface area (Å²) in [5, 5.41) is 7.17. The Hall–Kier alpha value is -1.93. The molecule has 3 rings (SSSR count). The minimum absolute atomic E-state index is 0.155. The van der Waals surface area contributed by atoms with Crippen LogP contribution in [-0.4, -0.2) is 16.0 Å². The van der Waals surface area contributed by atoms with Crippen LogP contribution in [0, 0.1) is 3.57 Å². The topological polar surface area (TPSA) is 68.0 Å². The Labute approximate surface area is 151 Å². The first kappa shape index (κ1) is 15.9. The third-order valence-electron chi connectivity index (χ3n) is 3.09. The van der Waals surface area contributed by atoms with Crippen molar-refractivity contribution in [3.63, 3.8) is 0 Å². The summed E-state index contributed by atoms with van der Waals surface area (Å²) in [5.74, 6) is 0.520. The van der Waals surface area contributed by atoms with Crippen molar-refractivity contribution in [2.45, 2.75) is 6.54 Å². The fourth-order valence-corrected chi connectivity index (χ4v) is 2.52. The monoisotopic (exact) mass is 439 g/mol. The molecule has 1 aromatic heterocycles. The quantitative estimate of drug-likeness (QED) is 0.626. The molecule has 1 amide bonds. The molecule has 0 aliphatic heterocycles. The fourth-order valence-electron chi connectivity index (χ4n) is 1.94. The number of carbonyl (C=O) groups excluding carboxylic acids is 1. The Kier molecular flexibility index (Phi) is 4.92. The van der Waals surface area contributed by atoms with E-state index in [1.165, 1.54) is 0 Å². The molecule has 0 atom stereocenters. The zero-order valence-electron chi connectivity index (χ0n) is 11.8. The van der Waals surface area contributed by atoms with E-state index in [2.05, 4.69) is 38.0 Å². The average Bonchev–Trinajstić information content (AvgIpc) is 3.02. The summed E-state index contributed by atoms with van der Waals surface area (Å²) in [6, 6.07) is 14.5. The van der Waals surface area contributed by atoms with Crippen LogP contribution in [0.2, 0.25) is 5.02 Å². The van der Waals surface area contributed by atoms with Crippen LogP contribution in [0.3, 0.4) is 0 Å². The number of amides is 1. The van der Waals surface area contributed by atoms with E-state index in [-0.39, 0.29) is 12.5 Å². The van der Waals surface area contributed by atoms with Crippen molar-refractivity contribution in [2.75, 3.05) is 0 Å². The van der Waals surface area contributed by atoms with Crippen molar-refractivity contribution in [2.24, 2.45) is 0 Å². The Morgan fingerprint density at radius 2 is 1.91 bits per heavy atom. The fraction of sp³-hybridized carbons (Fsp3) is 0.0625. The number of hydrogen-bond acceptors (Lipinski definition) is 4. The molecule has 0 aliphatic rings. The van der Waals surface area contributed by atoms with Crippen molar-refractivity contribution in [1.29, 1.82) is 0 Å². The highest BCUT2D eigenvalue weighted by molar-refractivity contribution is 14.1. The van der Waals surface area contributed by atoms with Crippen LogP contribution < -0.4 is 5.32 Å². The molecule has 0 fully saturated rings. The first-order valence-corrected chi connectivity index (χ1v) is 8.20. The highest BCUT2D eigenvalue weighted by Crippen LogP contribution is 2.24. The van der Waals surface area contributed by atoms with Crippen LogP contribution in [-0.2, 0) is 6.54 Å². The summed E-state index contributed by atoms with van der Waals surface area (Å²) in [5.41, 5.74) is 1.27. The molecular formula is C16H11ClIN3O2. The number of aromatic nitrogens is 2. The highest BCUT2D eigenvalue weighted by atomic mass is 127. The molecule has 7 heteroatoms. The van der Waals surface area contributed by atoms with Gasteiger partial charge in [0.25, 0.3) is 5.91 Å². The number of hydrogen-bond donors (Lipinski definition) is 1. The molecular weight excluding hydrogens is 429 g/mol. The maximum Gasteiger partial charge on any atom is 0.251 e. The van der Waals surface area contributed by atoms with Crippen molar-refractivity contribution in [3.05, 3.63) is 68.6 Å². The van der Waals surface area contributed by atoms with Gasteiger partial charge in [-0.2, -0.15) is 4.98 Å². The van der Waals surface area contributed by atoms with E-state index < -0.39 is 0 Å². The third-order valence-corrected chi connectivity index (χ3v) is 4.14. The predicted octanol–water partition coefficient (Wildman–Crippen LogP) is 3.92. The van der Waals surface area contributed by atoms with E-state index in [1.54, 1.807) is 24.3 Å². The third kappa shape index (κ3) is 3.89. The first-order chi connectivity index (χ1) is 11.1. The van der Waals surface area contributed by atoms with Crippen molar-refractivity contribution < 1.29 is 9.32 Å². The number of halogens is 2. The maximum atomic E-state index is 12.0. The van der Waals surface area contributed by atoms with Crippen LogP contribution in [0.5, 0.6) is 0 Å². The second-order valence-electron chi connectivity index (χ2n) is 4.68. The van der Waals surface area contributed by atoms with Gasteiger partial charge in [-0.3, -0.25) is 4.79 Å². The van der Waals surface area contributed by atoms with Gasteiger partial charge >= 0.3 is 0 Å². The maximum absolute atomic E-state index is 12.0. The molecule has 0 aliphatic carbocycles. The largest absolute Gasteiger partial charge is 0.343 e. The lowest BCUT2D eigenvalue weighted by Gasteiger charge is -2.02. The second kappa shape index (κ2) is 7.10. The lowest BCUT2D eigenvalue weighted by atomic mass is 10.2. The molecule has 2 aromatic carbocycles. The standard InChI is InChI=1S/C16H11ClIN3O2/c17-13-4-2-1-3-12(13)15-20-14(23-21-15)9-19-16(22)10-5-7-11(18)8-6-10/h1-8H,9H2,(H,19,22). The molecule has 0 saturated heterocycles. The van der Waals surface area contributed by atoms with Gasteiger partial charge in [-0.15, -0.1) is 0 Å². The normalized spacial score (nSPS) is 10.5. The lowest BCUT2D eigenvalue weighted by Crippen LogP contribution is -2.22. The van der Waals surface area contributed by atoms with Gasteiger partial charge in [-0.25, -0.2) is 0 Å². The minimum Gasteiger partial charge on any atom is -0.343 e. The summed E-state index contributed by atoms with van der Waals surface area (Å²) in [4.78, 5) is 16.3. The van der Waals surface area contributed by atoms with Crippen molar-refractivity contribution >= 4 is 40.1 Å². The van der Waals surface area contributed by atoms with Crippen LogP contribution in [0.15, 0.2) is 53.1 Å². The Morgan fingerprint density at radius 1 is 1.17 bits per heavy atom. The van der Waals surface area contributed by atoms with Crippen LogP contribution in [0.4, 0.5) is 0 Å². The second-order valence-corrected chi connectivity index (χ2v) is 6.33. The SMILES string of the molecule is O=C(NCc1nc(-c2ccccc2Cl)no1)c1ccc(I)cc1. The Balaban J connectivity index is 1.67. The van der Waals surface area contributed by atoms with Gasteiger partial charge in [0.1, 0.15) is 0 Å². The van der Waals surface area contributed by atoms with Gasteiger partial charge in [0.2, 0.25) is 11.7 Å². The average molecular weight is 440 g/mol. The van der Waals surface area contributed by atoms with Crippen LogP contribution in [0.1, 0.15) is 16.2 Å². The van der Waals surface area contributed by atoms with Gasteiger partial charge in [0.05, 0.1) is 11.6 Å². The van der Waals surface area contributed by atoms with Gasteiger partial charge < -0.3 is 9.84 Å². The molecule has 5 nitrogen and oxygen atoms in total. The van der Waals surface area contributed by atoms with Crippen LogP contribution >= 0.6 is 34.2 Å². The first-order valence-electron chi connectivity index (χ1n) is 6.75. The molecule has 0 bridgehead atoms. The Morgan fingerprint density at radius 3 is 2.65 bits per heavy atom. The zero-order valence-corrected chi connectivity index (χ0v) is 14.7. The number of nitrogens with one attached hydrogen (secondary N) is 1. The smallest absolute Gasteiger partial charge is 0.251 e. The number of nitrogens with zero attached hydrogens (tertiary/aromatic N) is 2. The zero-order chi connectivity index (χ0) is 16.2. The predicted molar refractivity (Wildman–Crippen MR) is 95.1 cm³/mol. The summed E-state index contributed by atoms with van der Waals surface area (Å²) in [6.07, 6.45) is 0. The molecule has 0 unspecified atom stereocenters. The van der Waals surface area contributed by atoms with E-state index >= 15 is 0 Å². The van der Waals surface area contributed by atoms with Crippen molar-refractivity contribution in [3.8, 4) is 11.4 Å². The summed E-state index contributed by atoms with van der Waals surface area (Å²) in [7, 11) is 0. The molecule has 0 saturated carbocycles. The van der Waals surface area contributed by atoms with E-state index in [0.29, 0.717) is 27.9 Å².